The van der Waals surface area contributed by atoms with Crippen molar-refractivity contribution < 1.29 is 33.2 Å². The van der Waals surface area contributed by atoms with E-state index in [9.17, 15) is 24.8 Å². The van der Waals surface area contributed by atoms with E-state index in [0.29, 0.717) is 0 Å². The summed E-state index contributed by atoms with van der Waals surface area (Å²) in [5.41, 5.74) is 14.1. The molecule has 2 aromatic rings. The van der Waals surface area contributed by atoms with Crippen molar-refractivity contribution in [2.75, 3.05) is 38.8 Å². The molecule has 38 heavy (non-hydrogen) atoms. The van der Waals surface area contributed by atoms with E-state index in [1.165, 1.54) is 38.8 Å². The first-order valence-corrected chi connectivity index (χ1v) is 13.3. The number of carbonyl (C=O) groups is 1. The van der Waals surface area contributed by atoms with Crippen LogP contribution in [-0.2, 0) is 18.8 Å². The van der Waals surface area contributed by atoms with E-state index in [0.717, 1.165) is 0 Å². The Morgan fingerprint density at radius 1 is 1.42 bits per heavy atom. The molecule has 2 fully saturated rings. The van der Waals surface area contributed by atoms with Crippen molar-refractivity contribution in [2.45, 2.75) is 31.4 Å². The molecule has 5 atom stereocenters. The van der Waals surface area contributed by atoms with Crippen molar-refractivity contribution in [1.29, 1.82) is 0 Å². The Morgan fingerprint density at radius 2 is 2.16 bits per heavy atom. The summed E-state index contributed by atoms with van der Waals surface area (Å²) in [4.78, 5) is 30.6. The number of anilines is 1. The Morgan fingerprint density at radius 3 is 2.84 bits per heavy atom. The van der Waals surface area contributed by atoms with Crippen molar-refractivity contribution in [2.24, 2.45) is 5.11 Å². The van der Waals surface area contributed by atoms with Gasteiger partial charge in [-0.3, -0.25) is 13.9 Å². The molecule has 0 radical (unpaired) electrons. The summed E-state index contributed by atoms with van der Waals surface area (Å²) in [7, 11) is -1.83. The molecule has 3 heterocycles. The number of nitrogens with zero attached hydrogens (tertiary/aromatic N) is 7. The molecule has 17 heteroatoms. The fourth-order valence-electron chi connectivity index (χ4n) is 4.05. The summed E-state index contributed by atoms with van der Waals surface area (Å²) < 4.78 is 37.8. The number of hydrogen-bond donors (Lipinski definition) is 2. The van der Waals surface area contributed by atoms with E-state index in [4.69, 9.17) is 24.5 Å². The van der Waals surface area contributed by atoms with Gasteiger partial charge in [-0.05, 0) is 42.2 Å². The number of aliphatic hydroxyl groups is 1. The zero-order valence-corrected chi connectivity index (χ0v) is 21.5. The summed E-state index contributed by atoms with van der Waals surface area (Å²) in [6, 6.07) is 6.61. The molecule has 16 nitrogen and oxygen atoms in total. The van der Waals surface area contributed by atoms with Crippen LogP contribution in [0.1, 0.15) is 19.4 Å². The third-order valence-electron chi connectivity index (χ3n) is 5.81. The second-order valence-corrected chi connectivity index (χ2v) is 10.7. The number of carbonyl (C=O) groups excluding carboxylic acids is 1. The summed E-state index contributed by atoms with van der Waals surface area (Å²) in [5.74, 6) is -3.22. The van der Waals surface area contributed by atoms with E-state index in [2.05, 4.69) is 15.0 Å². The van der Waals surface area contributed by atoms with Gasteiger partial charge < -0.3 is 29.6 Å². The molecule has 0 amide bonds. The van der Waals surface area contributed by atoms with Crippen molar-refractivity contribution >= 4 is 19.3 Å². The highest BCUT2D eigenvalue weighted by atomic mass is 31.2. The molecule has 5 unspecified atom stereocenters. The maximum atomic E-state index is 13.2. The first-order valence-electron chi connectivity index (χ1n) is 11.6. The number of nitrogens with two attached hydrogens (primary N) is 1. The predicted octanol–water partition coefficient (Wildman–Crippen LogP) is 1.45. The van der Waals surface area contributed by atoms with Gasteiger partial charge in [0.2, 0.25) is 0 Å². The van der Waals surface area contributed by atoms with Gasteiger partial charge in [0, 0.05) is 24.8 Å². The SMILES string of the molecule is CCOC(=O)CN(C)N1CP1(=O)Oc1ccccc1OC(O)(N=[N+]=[N-])C1OCCC1n1ccc(N)nc1=O. The lowest BCUT2D eigenvalue weighted by Crippen LogP contribution is -2.50. The molecule has 204 valence electrons. The predicted molar refractivity (Wildman–Crippen MR) is 132 cm³/mol. The number of hydrazine groups is 1. The Balaban J connectivity index is 1.56. The minimum absolute atomic E-state index is 0.0182. The largest absolute Gasteiger partial charge is 0.465 e. The summed E-state index contributed by atoms with van der Waals surface area (Å²) in [6.07, 6.45) is 0.375. The lowest BCUT2D eigenvalue weighted by atomic mass is 10.1. The zero-order valence-electron chi connectivity index (χ0n) is 20.6. The van der Waals surface area contributed by atoms with Crippen molar-refractivity contribution in [3.05, 3.63) is 57.5 Å². The summed E-state index contributed by atoms with van der Waals surface area (Å²) >= 11 is 0. The van der Waals surface area contributed by atoms with Crippen LogP contribution in [-0.4, -0.2) is 75.5 Å². The molecular weight excluding hydrogens is 523 g/mol. The van der Waals surface area contributed by atoms with Crippen LogP contribution >= 0.6 is 7.52 Å². The lowest BCUT2D eigenvalue weighted by Gasteiger charge is -2.33. The van der Waals surface area contributed by atoms with Gasteiger partial charge in [0.05, 0.1) is 12.6 Å². The van der Waals surface area contributed by atoms with E-state index in [1.807, 2.05) is 0 Å². The van der Waals surface area contributed by atoms with Gasteiger partial charge in [0.1, 0.15) is 24.8 Å². The monoisotopic (exact) mass is 550 g/mol. The van der Waals surface area contributed by atoms with Crippen LogP contribution in [0, 0.1) is 0 Å². The Labute approximate surface area is 216 Å². The third-order valence-corrected chi connectivity index (χ3v) is 7.74. The molecule has 0 spiro atoms. The smallest absolute Gasteiger partial charge is 0.349 e. The van der Waals surface area contributed by atoms with Gasteiger partial charge in [0.25, 0.3) is 0 Å². The Bertz CT molecular complexity index is 1350. The second kappa shape index (κ2) is 11.0. The van der Waals surface area contributed by atoms with Gasteiger partial charge in [-0.25, -0.2) is 9.80 Å². The van der Waals surface area contributed by atoms with Crippen LogP contribution < -0.4 is 20.7 Å². The second-order valence-electron chi connectivity index (χ2n) is 8.45. The molecule has 2 aliphatic heterocycles. The van der Waals surface area contributed by atoms with Gasteiger partial charge in [0.15, 0.2) is 11.5 Å². The lowest BCUT2D eigenvalue weighted by molar-refractivity contribution is -0.211. The molecule has 2 aliphatic rings. The van der Waals surface area contributed by atoms with Crippen LogP contribution in [0.4, 0.5) is 5.82 Å². The van der Waals surface area contributed by atoms with Gasteiger partial charge in [-0.1, -0.05) is 12.1 Å². The normalized spacial score (nSPS) is 25.7. The number of para-hydroxylation sites is 2. The van der Waals surface area contributed by atoms with Crippen LogP contribution in [0.2, 0.25) is 0 Å². The maximum absolute atomic E-state index is 13.2. The molecule has 0 saturated carbocycles. The van der Waals surface area contributed by atoms with Crippen molar-refractivity contribution in [1.82, 2.24) is 19.3 Å². The summed E-state index contributed by atoms with van der Waals surface area (Å²) in [6.45, 7) is 1.89. The highest BCUT2D eigenvalue weighted by Gasteiger charge is 2.55. The molecule has 1 aromatic heterocycles. The van der Waals surface area contributed by atoms with E-state index >= 15 is 0 Å². The third kappa shape index (κ3) is 5.75. The maximum Gasteiger partial charge on any atom is 0.349 e. The number of rotatable bonds is 11. The summed E-state index contributed by atoms with van der Waals surface area (Å²) in [5, 5.41) is 16.2. The first kappa shape index (κ1) is 27.4. The standard InChI is InChI=1S/C21H27N8O8P/c1-3-34-18(30)12-27(2)29-13-38(29,33)37-16-7-5-4-6-15(16)36-21(32,25-26-23)19-14(9-11-35-19)28-10-8-17(22)24-20(28)31/h4-8,10,14,19,32H,3,9,11-13H2,1-2H3,(H2,22,24,31). The van der Waals surface area contributed by atoms with Gasteiger partial charge in [-0.2, -0.15) is 4.98 Å². The topological polar surface area (TPSA) is 207 Å². The average Bonchev–Trinajstić information content (AvgIpc) is 3.28. The molecule has 0 aliphatic carbocycles. The minimum atomic E-state index is -3.39. The Kier molecular flexibility index (Phi) is 7.92. The highest BCUT2D eigenvalue weighted by molar-refractivity contribution is 7.63. The molecule has 0 bridgehead atoms. The van der Waals surface area contributed by atoms with Gasteiger partial charge >= 0.3 is 25.1 Å². The molecular formula is C21H27N8O8P. The number of likely N-dealkylation sites (N-methyl/N-ethyl adjacent to an activating group) is 1. The van der Waals surface area contributed by atoms with Gasteiger partial charge in [-0.15, -0.1) is 4.78 Å². The minimum Gasteiger partial charge on any atom is -0.465 e. The number of esters is 1. The molecule has 2 saturated heterocycles. The highest BCUT2D eigenvalue weighted by Crippen LogP contribution is 2.66. The van der Waals surface area contributed by atoms with Crippen LogP contribution in [0.15, 0.2) is 46.4 Å². The fourth-order valence-corrected chi connectivity index (χ4v) is 5.98. The molecule has 1 aromatic carbocycles. The number of azide groups is 1. The number of ether oxygens (including phenoxy) is 3. The van der Waals surface area contributed by atoms with E-state index in [1.54, 1.807) is 26.1 Å². The van der Waals surface area contributed by atoms with Crippen LogP contribution in [0.5, 0.6) is 11.5 Å². The Hall–Kier alpha value is -3.65. The number of hydrogen-bond acceptors (Lipinski definition) is 12. The fraction of sp³-hybridized carbons (Fsp3) is 0.476. The zero-order chi connectivity index (χ0) is 27.5. The first-order chi connectivity index (χ1) is 18.1. The number of aromatic nitrogens is 2. The quantitative estimate of drug-likeness (QED) is 0.0775. The van der Waals surface area contributed by atoms with E-state index in [-0.39, 0.29) is 49.8 Å². The number of benzene rings is 1. The average molecular weight is 550 g/mol. The molecule has 4 rings (SSSR count). The number of nitrogen functional groups attached to an aromatic ring is 1. The van der Waals surface area contributed by atoms with Crippen molar-refractivity contribution in [3.8, 4) is 11.5 Å². The van der Waals surface area contributed by atoms with Crippen LogP contribution in [0.25, 0.3) is 10.4 Å². The van der Waals surface area contributed by atoms with E-state index < -0.39 is 37.2 Å². The van der Waals surface area contributed by atoms with Crippen LogP contribution in [0.3, 0.4) is 0 Å². The molecule has 3 N–H and O–H groups in total. The van der Waals surface area contributed by atoms with Crippen molar-refractivity contribution in [3.63, 3.8) is 0 Å².